The lowest BCUT2D eigenvalue weighted by molar-refractivity contribution is -0.121. The van der Waals surface area contributed by atoms with E-state index in [2.05, 4.69) is 15.7 Å². The summed E-state index contributed by atoms with van der Waals surface area (Å²) in [5.74, 6) is -0.264. The molecule has 2 aromatic rings. The summed E-state index contributed by atoms with van der Waals surface area (Å²) in [4.78, 5) is 23.3. The maximum Gasteiger partial charge on any atom is 0.368 e. The third-order valence-electron chi connectivity index (χ3n) is 2.31. The van der Waals surface area contributed by atoms with Gasteiger partial charge in [-0.3, -0.25) is 4.79 Å². The fourth-order valence-electron chi connectivity index (χ4n) is 1.49. The Morgan fingerprint density at radius 3 is 2.67 bits per heavy atom. The number of carbonyl (C=O) groups excluding carboxylic acids is 1. The third-order valence-corrected chi connectivity index (χ3v) is 2.31. The first-order chi connectivity index (χ1) is 8.72. The topological polar surface area (TPSA) is 81.8 Å². The molecule has 0 saturated carbocycles. The first kappa shape index (κ1) is 12.0. The highest BCUT2D eigenvalue weighted by Gasteiger charge is 2.11. The van der Waals surface area contributed by atoms with Crippen LogP contribution < -0.4 is 11.0 Å². The molecule has 7 heteroatoms. The van der Waals surface area contributed by atoms with Gasteiger partial charge in [-0.1, -0.05) is 18.2 Å². The first-order valence-corrected chi connectivity index (χ1v) is 5.57. The SMILES string of the molecule is CCNC(=O)Cn1nnn(-c2ccccc2)c1=O. The molecule has 7 nitrogen and oxygen atoms in total. The Morgan fingerprint density at radius 2 is 2.00 bits per heavy atom. The van der Waals surface area contributed by atoms with Crippen molar-refractivity contribution >= 4 is 5.91 Å². The normalized spacial score (nSPS) is 10.3. The third kappa shape index (κ3) is 2.45. The molecule has 0 aliphatic rings. The number of nitrogens with one attached hydrogen (secondary N) is 1. The maximum absolute atomic E-state index is 11.9. The van der Waals surface area contributed by atoms with E-state index < -0.39 is 5.69 Å². The zero-order valence-corrected chi connectivity index (χ0v) is 9.91. The molecule has 0 aliphatic heterocycles. The summed E-state index contributed by atoms with van der Waals surface area (Å²) >= 11 is 0. The molecule has 1 aromatic heterocycles. The van der Waals surface area contributed by atoms with Gasteiger partial charge in [0.2, 0.25) is 5.91 Å². The van der Waals surface area contributed by atoms with Gasteiger partial charge in [-0.15, -0.1) is 0 Å². The number of nitrogens with zero attached hydrogens (tertiary/aromatic N) is 4. The van der Waals surface area contributed by atoms with Crippen LogP contribution in [0, 0.1) is 0 Å². The molecule has 1 N–H and O–H groups in total. The van der Waals surface area contributed by atoms with Crippen LogP contribution in [0.1, 0.15) is 6.92 Å². The second-order valence-corrected chi connectivity index (χ2v) is 3.62. The molecule has 0 fully saturated rings. The molecular weight excluding hydrogens is 234 g/mol. The van der Waals surface area contributed by atoms with E-state index in [0.717, 1.165) is 9.36 Å². The Kier molecular flexibility index (Phi) is 3.52. The van der Waals surface area contributed by atoms with Crippen molar-refractivity contribution in [3.05, 3.63) is 40.8 Å². The van der Waals surface area contributed by atoms with Gasteiger partial charge < -0.3 is 5.32 Å². The van der Waals surface area contributed by atoms with Gasteiger partial charge in [0.05, 0.1) is 5.69 Å². The standard InChI is InChI=1S/C11H13N5O2/c1-2-12-10(17)8-15-11(18)16(14-13-15)9-6-4-3-5-7-9/h3-7H,2,8H2,1H3,(H,12,17). The number of para-hydroxylation sites is 1. The molecule has 0 spiro atoms. The van der Waals surface area contributed by atoms with Crippen LogP contribution in [0.4, 0.5) is 0 Å². The fourth-order valence-corrected chi connectivity index (χ4v) is 1.49. The Morgan fingerprint density at radius 1 is 1.28 bits per heavy atom. The molecule has 0 aliphatic carbocycles. The van der Waals surface area contributed by atoms with Crippen molar-refractivity contribution in [2.75, 3.05) is 6.54 Å². The number of hydrogen-bond acceptors (Lipinski definition) is 4. The van der Waals surface area contributed by atoms with Gasteiger partial charge in [0.25, 0.3) is 0 Å². The predicted octanol–water partition coefficient (Wildman–Crippen LogP) is -0.435. The lowest BCUT2D eigenvalue weighted by atomic mass is 10.3. The highest BCUT2D eigenvalue weighted by Crippen LogP contribution is 2.00. The zero-order chi connectivity index (χ0) is 13.0. The molecular formula is C11H13N5O2. The average Bonchev–Trinajstić information content (AvgIpc) is 2.72. The number of aromatic nitrogens is 4. The van der Waals surface area contributed by atoms with Gasteiger partial charge in [-0.05, 0) is 29.5 Å². The number of benzene rings is 1. The smallest absolute Gasteiger partial charge is 0.355 e. The van der Waals surface area contributed by atoms with Crippen LogP contribution in [0.15, 0.2) is 35.1 Å². The highest BCUT2D eigenvalue weighted by atomic mass is 16.2. The molecule has 94 valence electrons. The van der Waals surface area contributed by atoms with Crippen LogP contribution in [-0.4, -0.2) is 32.2 Å². The number of likely N-dealkylation sites (N-methyl/N-ethyl adjacent to an activating group) is 1. The number of carbonyl (C=O) groups is 1. The number of hydrogen-bond donors (Lipinski definition) is 1. The van der Waals surface area contributed by atoms with Crippen LogP contribution in [0.3, 0.4) is 0 Å². The average molecular weight is 247 g/mol. The summed E-state index contributed by atoms with van der Waals surface area (Å²) in [5.41, 5.74) is 0.178. The van der Waals surface area contributed by atoms with Crippen molar-refractivity contribution in [1.29, 1.82) is 0 Å². The summed E-state index contributed by atoms with van der Waals surface area (Å²) < 4.78 is 2.18. The summed E-state index contributed by atoms with van der Waals surface area (Å²) in [5, 5.41) is 10.0. The minimum Gasteiger partial charge on any atom is -0.355 e. The Balaban J connectivity index is 2.25. The van der Waals surface area contributed by atoms with Crippen molar-refractivity contribution in [2.45, 2.75) is 13.5 Å². The van der Waals surface area contributed by atoms with Crippen LogP contribution >= 0.6 is 0 Å². The minimum absolute atomic E-state index is 0.125. The van der Waals surface area contributed by atoms with Gasteiger partial charge in [0.15, 0.2) is 0 Å². The van der Waals surface area contributed by atoms with Gasteiger partial charge in [0.1, 0.15) is 6.54 Å². The molecule has 0 bridgehead atoms. The maximum atomic E-state index is 11.9. The van der Waals surface area contributed by atoms with Crippen LogP contribution in [-0.2, 0) is 11.3 Å². The largest absolute Gasteiger partial charge is 0.368 e. The number of tetrazole rings is 1. The van der Waals surface area contributed by atoms with Gasteiger partial charge >= 0.3 is 5.69 Å². The molecule has 1 aromatic carbocycles. The van der Waals surface area contributed by atoms with Gasteiger partial charge in [-0.2, -0.15) is 9.36 Å². The zero-order valence-electron chi connectivity index (χ0n) is 9.91. The van der Waals surface area contributed by atoms with E-state index >= 15 is 0 Å². The Hall–Kier alpha value is -2.44. The predicted molar refractivity (Wildman–Crippen MR) is 64.3 cm³/mol. The molecule has 1 heterocycles. The fraction of sp³-hybridized carbons (Fsp3) is 0.273. The van der Waals surface area contributed by atoms with E-state index in [-0.39, 0.29) is 12.5 Å². The summed E-state index contributed by atoms with van der Waals surface area (Å²) in [6.07, 6.45) is 0. The van der Waals surface area contributed by atoms with E-state index in [9.17, 15) is 9.59 Å². The van der Waals surface area contributed by atoms with Gasteiger partial charge in [-0.25, -0.2) is 4.79 Å². The molecule has 1 amide bonds. The van der Waals surface area contributed by atoms with Crippen molar-refractivity contribution in [3.63, 3.8) is 0 Å². The molecule has 18 heavy (non-hydrogen) atoms. The van der Waals surface area contributed by atoms with E-state index in [1.807, 2.05) is 13.0 Å². The molecule has 2 rings (SSSR count). The van der Waals surface area contributed by atoms with E-state index in [0.29, 0.717) is 12.2 Å². The van der Waals surface area contributed by atoms with E-state index in [4.69, 9.17) is 0 Å². The van der Waals surface area contributed by atoms with E-state index in [1.165, 1.54) is 0 Å². The van der Waals surface area contributed by atoms with Crippen molar-refractivity contribution in [3.8, 4) is 5.69 Å². The molecule has 0 saturated heterocycles. The summed E-state index contributed by atoms with van der Waals surface area (Å²) in [6, 6.07) is 8.92. The van der Waals surface area contributed by atoms with Crippen LogP contribution in [0.25, 0.3) is 5.69 Å². The lowest BCUT2D eigenvalue weighted by Crippen LogP contribution is -2.33. The quantitative estimate of drug-likeness (QED) is 0.794. The monoisotopic (exact) mass is 247 g/mol. The summed E-state index contributed by atoms with van der Waals surface area (Å²) in [6.45, 7) is 2.20. The molecule has 0 radical (unpaired) electrons. The first-order valence-electron chi connectivity index (χ1n) is 5.57. The van der Waals surface area contributed by atoms with Crippen LogP contribution in [0.5, 0.6) is 0 Å². The Labute approximate surface area is 103 Å². The Bertz CT molecular complexity index is 587. The van der Waals surface area contributed by atoms with Gasteiger partial charge in [0, 0.05) is 6.54 Å². The van der Waals surface area contributed by atoms with Crippen LogP contribution in [0.2, 0.25) is 0 Å². The lowest BCUT2D eigenvalue weighted by Gasteiger charge is -1.99. The second kappa shape index (κ2) is 5.26. The minimum atomic E-state index is -0.438. The number of rotatable bonds is 4. The van der Waals surface area contributed by atoms with Crippen molar-refractivity contribution in [2.24, 2.45) is 0 Å². The second-order valence-electron chi connectivity index (χ2n) is 3.62. The van der Waals surface area contributed by atoms with E-state index in [1.54, 1.807) is 24.3 Å². The van der Waals surface area contributed by atoms with Crippen molar-refractivity contribution < 1.29 is 4.79 Å². The molecule has 0 atom stereocenters. The highest BCUT2D eigenvalue weighted by molar-refractivity contribution is 5.75. The molecule has 0 unspecified atom stereocenters. The van der Waals surface area contributed by atoms with Crippen molar-refractivity contribution in [1.82, 2.24) is 25.1 Å². The summed E-state index contributed by atoms with van der Waals surface area (Å²) in [7, 11) is 0. The number of amides is 1.